The third-order valence-electron chi connectivity index (χ3n) is 4.86. The fraction of sp³-hybridized carbons (Fsp3) is 0.429. The molecule has 1 aromatic heterocycles. The smallest absolute Gasteiger partial charge is 0.255 e. The second kappa shape index (κ2) is 10.5. The van der Waals surface area contributed by atoms with Crippen LogP contribution in [0.1, 0.15) is 36.0 Å². The lowest BCUT2D eigenvalue weighted by Crippen LogP contribution is -2.31. The van der Waals surface area contributed by atoms with E-state index < -0.39 is 10.0 Å². The van der Waals surface area contributed by atoms with E-state index >= 15 is 0 Å². The van der Waals surface area contributed by atoms with Crippen molar-refractivity contribution in [3.63, 3.8) is 0 Å². The van der Waals surface area contributed by atoms with E-state index in [1.165, 1.54) is 28.6 Å². The van der Waals surface area contributed by atoms with Gasteiger partial charge in [-0.25, -0.2) is 13.4 Å². The zero-order valence-corrected chi connectivity index (χ0v) is 17.9. The minimum absolute atomic E-state index is 0.200. The van der Waals surface area contributed by atoms with Crippen LogP contribution in [0.2, 0.25) is 0 Å². The summed E-state index contributed by atoms with van der Waals surface area (Å²) in [5.41, 5.74) is 0.774. The molecular formula is C21H27N3O5S. The number of carbonyl (C=O) groups excluding carboxylic acids is 1. The molecule has 1 N–H and O–H groups in total. The number of benzene rings is 1. The molecule has 0 saturated carbocycles. The monoisotopic (exact) mass is 433 g/mol. The molecule has 30 heavy (non-hydrogen) atoms. The van der Waals surface area contributed by atoms with Gasteiger partial charge in [-0.3, -0.25) is 4.79 Å². The summed E-state index contributed by atoms with van der Waals surface area (Å²) in [5.74, 6) is -0.0819. The first-order valence-electron chi connectivity index (χ1n) is 10.0. The molecule has 0 atom stereocenters. The Morgan fingerprint density at radius 2 is 1.77 bits per heavy atom. The molecule has 1 aliphatic heterocycles. The third-order valence-corrected chi connectivity index (χ3v) is 6.78. The SMILES string of the molecule is COCCOc1ncccc1NC(=O)c1ccc(S(=O)(=O)N2CCCCCC2)cc1. The molecule has 0 unspecified atom stereocenters. The van der Waals surface area contributed by atoms with Crippen LogP contribution in [0.25, 0.3) is 0 Å². The maximum absolute atomic E-state index is 12.9. The van der Waals surface area contributed by atoms with E-state index in [4.69, 9.17) is 9.47 Å². The van der Waals surface area contributed by atoms with Crippen molar-refractivity contribution in [1.29, 1.82) is 0 Å². The molecule has 3 rings (SSSR count). The summed E-state index contributed by atoms with van der Waals surface area (Å²) in [7, 11) is -1.98. The molecule has 2 aromatic rings. The van der Waals surface area contributed by atoms with Crippen LogP contribution in [-0.2, 0) is 14.8 Å². The lowest BCUT2D eigenvalue weighted by Gasteiger charge is -2.20. The number of hydrogen-bond acceptors (Lipinski definition) is 6. The van der Waals surface area contributed by atoms with Crippen LogP contribution in [0.3, 0.4) is 0 Å². The topological polar surface area (TPSA) is 97.8 Å². The van der Waals surface area contributed by atoms with Crippen molar-refractivity contribution in [3.8, 4) is 5.88 Å². The summed E-state index contributed by atoms with van der Waals surface area (Å²) in [6, 6.07) is 9.37. The highest BCUT2D eigenvalue weighted by molar-refractivity contribution is 7.89. The second-order valence-electron chi connectivity index (χ2n) is 6.99. The van der Waals surface area contributed by atoms with Crippen LogP contribution in [-0.4, -0.2) is 57.0 Å². The van der Waals surface area contributed by atoms with E-state index in [-0.39, 0.29) is 10.8 Å². The van der Waals surface area contributed by atoms with Crippen molar-refractivity contribution >= 4 is 21.6 Å². The molecule has 1 aliphatic rings. The Hall–Kier alpha value is -2.49. The van der Waals surface area contributed by atoms with Gasteiger partial charge in [0.2, 0.25) is 15.9 Å². The molecule has 1 amide bonds. The van der Waals surface area contributed by atoms with Crippen molar-refractivity contribution in [1.82, 2.24) is 9.29 Å². The maximum atomic E-state index is 12.9. The van der Waals surface area contributed by atoms with Gasteiger partial charge < -0.3 is 14.8 Å². The summed E-state index contributed by atoms with van der Waals surface area (Å²) in [6.45, 7) is 1.78. The van der Waals surface area contributed by atoms with Crippen molar-refractivity contribution in [2.75, 3.05) is 38.7 Å². The quantitative estimate of drug-likeness (QED) is 0.643. The van der Waals surface area contributed by atoms with Crippen LogP contribution in [0.15, 0.2) is 47.5 Å². The van der Waals surface area contributed by atoms with Crippen LogP contribution in [0, 0.1) is 0 Å². The average molecular weight is 434 g/mol. The van der Waals surface area contributed by atoms with Gasteiger partial charge in [-0.2, -0.15) is 4.31 Å². The van der Waals surface area contributed by atoms with Crippen molar-refractivity contribution in [2.24, 2.45) is 0 Å². The Balaban J connectivity index is 1.70. The van der Waals surface area contributed by atoms with Gasteiger partial charge in [0.15, 0.2) is 0 Å². The summed E-state index contributed by atoms with van der Waals surface area (Å²) >= 11 is 0. The van der Waals surface area contributed by atoms with E-state index in [1.54, 1.807) is 25.4 Å². The van der Waals surface area contributed by atoms with Gasteiger partial charge in [0, 0.05) is 32.0 Å². The number of hydrogen-bond donors (Lipinski definition) is 1. The number of rotatable bonds is 8. The normalized spacial score (nSPS) is 15.4. The number of sulfonamides is 1. The largest absolute Gasteiger partial charge is 0.474 e. The molecule has 0 radical (unpaired) electrons. The van der Waals surface area contributed by atoms with Gasteiger partial charge in [-0.05, 0) is 49.2 Å². The van der Waals surface area contributed by atoms with Crippen LogP contribution in [0.5, 0.6) is 5.88 Å². The number of nitrogens with zero attached hydrogens (tertiary/aromatic N) is 2. The molecule has 1 saturated heterocycles. The van der Waals surface area contributed by atoms with E-state index in [1.807, 2.05) is 0 Å². The summed E-state index contributed by atoms with van der Waals surface area (Å²) in [6.07, 6.45) is 5.42. The minimum atomic E-state index is -3.55. The molecule has 0 aliphatic carbocycles. The Morgan fingerprint density at radius 3 is 2.43 bits per heavy atom. The van der Waals surface area contributed by atoms with E-state index in [9.17, 15) is 13.2 Å². The van der Waals surface area contributed by atoms with Crippen LogP contribution < -0.4 is 10.1 Å². The minimum Gasteiger partial charge on any atom is -0.474 e. The number of aromatic nitrogens is 1. The lowest BCUT2D eigenvalue weighted by molar-refractivity contribution is 0.102. The summed E-state index contributed by atoms with van der Waals surface area (Å²) in [5, 5.41) is 2.76. The van der Waals surface area contributed by atoms with Gasteiger partial charge in [0.05, 0.1) is 11.5 Å². The molecule has 162 valence electrons. The molecule has 0 spiro atoms. The fourth-order valence-corrected chi connectivity index (χ4v) is 4.74. The number of ether oxygens (including phenoxy) is 2. The Bertz CT molecular complexity index is 939. The zero-order valence-electron chi connectivity index (χ0n) is 17.0. The lowest BCUT2D eigenvalue weighted by atomic mass is 10.2. The van der Waals surface area contributed by atoms with E-state index in [0.717, 1.165) is 25.7 Å². The van der Waals surface area contributed by atoms with Crippen molar-refractivity contribution in [3.05, 3.63) is 48.2 Å². The zero-order chi connectivity index (χ0) is 21.4. The standard InChI is InChI=1S/C21H27N3O5S/c1-28-15-16-29-21-19(7-6-12-22-21)23-20(25)17-8-10-18(11-9-17)30(26,27)24-13-4-2-3-5-14-24/h6-12H,2-5,13-16H2,1H3,(H,23,25). The van der Waals surface area contributed by atoms with Crippen LogP contribution in [0.4, 0.5) is 5.69 Å². The molecule has 1 aromatic carbocycles. The molecule has 9 heteroatoms. The van der Waals surface area contributed by atoms with Crippen LogP contribution >= 0.6 is 0 Å². The molecule has 2 heterocycles. The summed E-state index contributed by atoms with van der Waals surface area (Å²) in [4.78, 5) is 17.0. The number of pyridine rings is 1. The number of carbonyl (C=O) groups is 1. The number of methoxy groups -OCH3 is 1. The van der Waals surface area contributed by atoms with Gasteiger partial charge in [0.1, 0.15) is 12.3 Å². The van der Waals surface area contributed by atoms with Gasteiger partial charge in [-0.15, -0.1) is 0 Å². The molecule has 1 fully saturated rings. The van der Waals surface area contributed by atoms with Gasteiger partial charge in [0.25, 0.3) is 5.91 Å². The third kappa shape index (κ3) is 5.56. The van der Waals surface area contributed by atoms with Crippen molar-refractivity contribution < 1.29 is 22.7 Å². The first kappa shape index (κ1) is 22.2. The predicted octanol–water partition coefficient (Wildman–Crippen LogP) is 2.92. The highest BCUT2D eigenvalue weighted by Crippen LogP contribution is 2.23. The maximum Gasteiger partial charge on any atom is 0.255 e. The molecule has 0 bridgehead atoms. The Kier molecular flexibility index (Phi) is 7.78. The first-order valence-corrected chi connectivity index (χ1v) is 11.4. The highest BCUT2D eigenvalue weighted by atomic mass is 32.2. The van der Waals surface area contributed by atoms with Crippen molar-refractivity contribution in [2.45, 2.75) is 30.6 Å². The van der Waals surface area contributed by atoms with E-state index in [0.29, 0.717) is 43.4 Å². The number of nitrogens with one attached hydrogen (secondary N) is 1. The average Bonchev–Trinajstić information content (AvgIpc) is 3.05. The number of amides is 1. The van der Waals surface area contributed by atoms with E-state index in [2.05, 4.69) is 10.3 Å². The first-order chi connectivity index (χ1) is 14.5. The van der Waals surface area contributed by atoms with Gasteiger partial charge in [-0.1, -0.05) is 12.8 Å². The second-order valence-corrected chi connectivity index (χ2v) is 8.93. The molecular weight excluding hydrogens is 406 g/mol. The molecule has 8 nitrogen and oxygen atoms in total. The predicted molar refractivity (Wildman–Crippen MR) is 113 cm³/mol. The Morgan fingerprint density at radius 1 is 1.07 bits per heavy atom. The fourth-order valence-electron chi connectivity index (χ4n) is 3.23. The number of anilines is 1. The van der Waals surface area contributed by atoms with Gasteiger partial charge >= 0.3 is 0 Å². The Labute approximate surface area is 177 Å². The summed E-state index contributed by atoms with van der Waals surface area (Å²) < 4.78 is 37.8. The highest BCUT2D eigenvalue weighted by Gasteiger charge is 2.25.